The Morgan fingerprint density at radius 1 is 0.267 bits per heavy atom. The Morgan fingerprint density at radius 2 is 0.457 bits per heavy atom. The molecule has 0 aromatic rings. The Hall–Kier alpha value is -1.94. The molecule has 0 heterocycles. The average molecular weight is 1540 g/mol. The van der Waals surface area contributed by atoms with Crippen molar-refractivity contribution < 1.29 is 80.2 Å². The van der Waals surface area contributed by atoms with Gasteiger partial charge >= 0.3 is 39.5 Å². The summed E-state index contributed by atoms with van der Waals surface area (Å²) in [6.07, 6.45) is 69.2. The molecule has 0 fully saturated rings. The third-order valence-electron chi connectivity index (χ3n) is 20.9. The van der Waals surface area contributed by atoms with Crippen molar-refractivity contribution >= 4 is 39.5 Å². The maximum Gasteiger partial charge on any atom is 0.472 e. The van der Waals surface area contributed by atoms with Crippen molar-refractivity contribution in [1.82, 2.24) is 0 Å². The molecule has 17 nitrogen and oxygen atoms in total. The van der Waals surface area contributed by atoms with Gasteiger partial charge in [-0.1, -0.05) is 408 Å². The van der Waals surface area contributed by atoms with E-state index in [2.05, 4.69) is 41.5 Å². The maximum atomic E-state index is 13.1. The molecule has 0 aromatic heterocycles. The Kier molecular flexibility index (Phi) is 76.0. The van der Waals surface area contributed by atoms with E-state index in [0.29, 0.717) is 25.7 Å². The van der Waals surface area contributed by atoms with E-state index >= 15 is 0 Å². The summed E-state index contributed by atoms with van der Waals surface area (Å²) in [5, 5.41) is 10.7. The molecule has 0 aliphatic rings. The van der Waals surface area contributed by atoms with Gasteiger partial charge in [-0.2, -0.15) is 0 Å². The van der Waals surface area contributed by atoms with Gasteiger partial charge in [0.1, 0.15) is 19.3 Å². The Morgan fingerprint density at radius 3 is 0.676 bits per heavy atom. The Balaban J connectivity index is 5.24. The molecule has 0 aliphatic carbocycles. The SMILES string of the molecule is CCCCCCCCCCCCCCCCCCC(=O)OC[C@H](COP(=O)(O)OC[C@@H](O)COP(=O)(O)OC[C@@H](COC(=O)CCCCCCCCCCC(C)CC)OC(=O)CCCCCCCCCCCCCCCCC)OC(=O)CCCCCCCCCCCCCCCCCCCCC(C)CC. The molecule has 0 saturated carbocycles. The largest absolute Gasteiger partial charge is 0.472 e. The second-order valence-corrected chi connectivity index (χ2v) is 34.3. The number of carbonyl (C=O) groups excluding carboxylic acids is 4. The number of aliphatic hydroxyl groups is 1. The summed E-state index contributed by atoms with van der Waals surface area (Å²) < 4.78 is 68.9. The lowest BCUT2D eigenvalue weighted by Gasteiger charge is -2.21. The van der Waals surface area contributed by atoms with E-state index < -0.39 is 97.5 Å². The summed E-state index contributed by atoms with van der Waals surface area (Å²) in [5.74, 6) is -0.452. The van der Waals surface area contributed by atoms with Crippen molar-refractivity contribution in [2.75, 3.05) is 39.6 Å². The molecular formula is C86H168O17P2. The lowest BCUT2D eigenvalue weighted by molar-refractivity contribution is -0.161. The third-order valence-corrected chi connectivity index (χ3v) is 22.8. The monoisotopic (exact) mass is 1540 g/mol. The van der Waals surface area contributed by atoms with Crippen LogP contribution in [0.5, 0.6) is 0 Å². The molecule has 0 saturated heterocycles. The van der Waals surface area contributed by atoms with Gasteiger partial charge in [-0.25, -0.2) is 9.13 Å². The molecular weight excluding hydrogens is 1370 g/mol. The molecule has 0 bridgehead atoms. The highest BCUT2D eigenvalue weighted by atomic mass is 31.2. The van der Waals surface area contributed by atoms with Gasteiger partial charge in [0, 0.05) is 25.7 Å². The molecule has 4 unspecified atom stereocenters. The van der Waals surface area contributed by atoms with Crippen molar-refractivity contribution in [3.8, 4) is 0 Å². The topological polar surface area (TPSA) is 237 Å². The van der Waals surface area contributed by atoms with E-state index in [-0.39, 0.29) is 25.7 Å². The summed E-state index contributed by atoms with van der Waals surface area (Å²) >= 11 is 0. The predicted octanol–water partition coefficient (Wildman–Crippen LogP) is 26.2. The maximum absolute atomic E-state index is 13.1. The number of unbranched alkanes of at least 4 members (excludes halogenated alkanes) is 53. The fraction of sp³-hybridized carbons (Fsp3) is 0.953. The average Bonchev–Trinajstić information content (AvgIpc) is 0.966. The minimum Gasteiger partial charge on any atom is -0.462 e. The van der Waals surface area contributed by atoms with Gasteiger partial charge < -0.3 is 33.8 Å². The molecule has 3 N–H and O–H groups in total. The van der Waals surface area contributed by atoms with Crippen LogP contribution in [0.15, 0.2) is 0 Å². The molecule has 0 amide bonds. The van der Waals surface area contributed by atoms with Crippen LogP contribution < -0.4 is 0 Å². The molecule has 7 atom stereocenters. The normalized spacial score (nSPS) is 14.3. The second-order valence-electron chi connectivity index (χ2n) is 31.4. The summed E-state index contributed by atoms with van der Waals surface area (Å²) in [6, 6.07) is 0. The summed E-state index contributed by atoms with van der Waals surface area (Å²) in [5.41, 5.74) is 0. The number of hydrogen-bond donors (Lipinski definition) is 3. The Labute approximate surface area is 645 Å². The van der Waals surface area contributed by atoms with Crippen molar-refractivity contribution in [1.29, 1.82) is 0 Å². The van der Waals surface area contributed by atoms with Crippen LogP contribution in [0.1, 0.15) is 459 Å². The zero-order valence-corrected chi connectivity index (χ0v) is 70.8. The lowest BCUT2D eigenvalue weighted by Crippen LogP contribution is -2.30. The van der Waals surface area contributed by atoms with Crippen LogP contribution >= 0.6 is 15.6 Å². The van der Waals surface area contributed by atoms with Crippen LogP contribution in [0.3, 0.4) is 0 Å². The van der Waals surface area contributed by atoms with Crippen molar-refractivity contribution in [3.05, 3.63) is 0 Å². The molecule has 19 heteroatoms. The van der Waals surface area contributed by atoms with Crippen LogP contribution in [0.2, 0.25) is 0 Å². The number of carbonyl (C=O) groups is 4. The fourth-order valence-corrected chi connectivity index (χ4v) is 14.9. The number of ether oxygens (including phenoxy) is 4. The highest BCUT2D eigenvalue weighted by molar-refractivity contribution is 7.47. The van der Waals surface area contributed by atoms with Crippen LogP contribution in [0, 0.1) is 11.8 Å². The van der Waals surface area contributed by atoms with Crippen LogP contribution in [0.4, 0.5) is 0 Å². The lowest BCUT2D eigenvalue weighted by atomic mass is 9.99. The molecule has 0 aromatic carbocycles. The smallest absolute Gasteiger partial charge is 0.462 e. The second kappa shape index (κ2) is 77.4. The molecule has 624 valence electrons. The fourth-order valence-electron chi connectivity index (χ4n) is 13.4. The number of rotatable bonds is 85. The number of aliphatic hydroxyl groups excluding tert-OH is 1. The first-order chi connectivity index (χ1) is 50.9. The van der Waals surface area contributed by atoms with Crippen molar-refractivity contribution in [2.24, 2.45) is 11.8 Å². The van der Waals surface area contributed by atoms with Gasteiger partial charge in [-0.05, 0) is 37.5 Å². The van der Waals surface area contributed by atoms with Crippen molar-refractivity contribution in [3.63, 3.8) is 0 Å². The van der Waals surface area contributed by atoms with Gasteiger partial charge in [0.05, 0.1) is 26.4 Å². The summed E-state index contributed by atoms with van der Waals surface area (Å²) in [4.78, 5) is 73.2. The predicted molar refractivity (Wildman–Crippen MR) is 432 cm³/mol. The first kappa shape index (κ1) is 103. The molecule has 0 radical (unpaired) electrons. The first-order valence-corrected chi connectivity index (χ1v) is 47.6. The molecule has 0 spiro atoms. The Bertz CT molecular complexity index is 2010. The van der Waals surface area contributed by atoms with Gasteiger partial charge in [0.25, 0.3) is 0 Å². The number of esters is 4. The third kappa shape index (κ3) is 77.2. The van der Waals surface area contributed by atoms with E-state index in [0.717, 1.165) is 102 Å². The van der Waals surface area contributed by atoms with E-state index in [1.165, 1.54) is 276 Å². The van der Waals surface area contributed by atoms with Crippen LogP contribution in [-0.4, -0.2) is 96.7 Å². The summed E-state index contributed by atoms with van der Waals surface area (Å²) in [7, 11) is -9.93. The zero-order valence-electron chi connectivity index (χ0n) is 69.0. The number of hydrogen-bond acceptors (Lipinski definition) is 15. The highest BCUT2D eigenvalue weighted by Crippen LogP contribution is 2.45. The van der Waals surface area contributed by atoms with Gasteiger partial charge in [0.2, 0.25) is 0 Å². The minimum atomic E-state index is -4.97. The standard InChI is InChI=1S/C86H168O17P2/c1-7-11-13-15-17-19-21-23-25-32-35-39-43-50-56-62-68-83(88)96-74-81(102-85(90)71-65-59-53-45-41-37-33-29-27-26-28-31-34-38-42-48-54-60-66-78(5)9-3)76-100-104(92,93)98-72-80(87)73-99-105(94,95)101-77-82(75-97-84(89)69-63-57-51-47-46-49-55-61-67-79(6)10-4)103-86(91)70-64-58-52-44-40-36-30-24-22-20-18-16-14-12-8-2/h78-82,87H,7-77H2,1-6H3,(H,92,93)(H,94,95)/t78?,79?,80-,81-,82-/m1/s1. The van der Waals surface area contributed by atoms with Crippen molar-refractivity contribution in [2.45, 2.75) is 477 Å². The zero-order chi connectivity index (χ0) is 77.1. The first-order valence-electron chi connectivity index (χ1n) is 44.6. The van der Waals surface area contributed by atoms with E-state index in [9.17, 15) is 43.2 Å². The quantitative estimate of drug-likeness (QED) is 0.0222. The number of phosphoric acid groups is 2. The van der Waals surface area contributed by atoms with Crippen LogP contribution in [-0.2, 0) is 65.4 Å². The molecule has 0 aliphatic heterocycles. The highest BCUT2D eigenvalue weighted by Gasteiger charge is 2.30. The molecule has 0 rings (SSSR count). The molecule has 105 heavy (non-hydrogen) atoms. The van der Waals surface area contributed by atoms with E-state index in [4.69, 9.17) is 37.0 Å². The minimum absolute atomic E-state index is 0.108. The summed E-state index contributed by atoms with van der Waals surface area (Å²) in [6.45, 7) is 9.75. The van der Waals surface area contributed by atoms with Gasteiger partial charge in [-0.3, -0.25) is 37.3 Å². The van der Waals surface area contributed by atoms with E-state index in [1.54, 1.807) is 0 Å². The van der Waals surface area contributed by atoms with E-state index in [1.807, 2.05) is 0 Å². The van der Waals surface area contributed by atoms with Gasteiger partial charge in [0.15, 0.2) is 12.2 Å². The van der Waals surface area contributed by atoms with Gasteiger partial charge in [-0.15, -0.1) is 0 Å². The number of phosphoric ester groups is 2. The van der Waals surface area contributed by atoms with Crippen LogP contribution in [0.25, 0.3) is 0 Å².